The molecular formula is C10H5N7OS. The maximum atomic E-state index is 11.5. The molecule has 2 aromatic rings. The molecule has 0 radical (unpaired) electrons. The summed E-state index contributed by atoms with van der Waals surface area (Å²) in [5, 5.41) is 8.25. The van der Waals surface area contributed by atoms with Gasteiger partial charge in [0.1, 0.15) is 0 Å². The van der Waals surface area contributed by atoms with Crippen LogP contribution in [0, 0.1) is 0 Å². The first-order valence-electron chi connectivity index (χ1n) is 4.94. The maximum absolute atomic E-state index is 11.5. The van der Waals surface area contributed by atoms with Gasteiger partial charge in [-0.25, -0.2) is 0 Å². The fourth-order valence-electron chi connectivity index (χ4n) is 1.39. The molecule has 0 saturated carbocycles. The molecular weight excluding hydrogens is 266 g/mol. The molecule has 0 aromatic carbocycles. The lowest BCUT2D eigenvalue weighted by Crippen LogP contribution is -1.96. The van der Waals surface area contributed by atoms with Crippen molar-refractivity contribution in [2.24, 2.45) is 10.2 Å². The van der Waals surface area contributed by atoms with Gasteiger partial charge in [-0.3, -0.25) is 9.78 Å². The van der Waals surface area contributed by atoms with E-state index in [1.807, 2.05) is 17.5 Å². The summed E-state index contributed by atoms with van der Waals surface area (Å²) in [4.78, 5) is 21.5. The fraction of sp³-hybridized carbons (Fsp3) is 0. The van der Waals surface area contributed by atoms with Crippen molar-refractivity contribution in [2.45, 2.75) is 0 Å². The monoisotopic (exact) mass is 271 g/mol. The number of hydrogen-bond acceptors (Lipinski definition) is 4. The molecule has 9 heteroatoms. The fourth-order valence-corrected chi connectivity index (χ4v) is 2.09. The molecule has 0 atom stereocenters. The summed E-state index contributed by atoms with van der Waals surface area (Å²) >= 11 is 1.46. The molecule has 0 aliphatic heterocycles. The van der Waals surface area contributed by atoms with Crippen molar-refractivity contribution in [1.29, 1.82) is 0 Å². The molecule has 0 aliphatic rings. The maximum Gasteiger partial charge on any atom is 0.251 e. The van der Waals surface area contributed by atoms with E-state index in [0.717, 1.165) is 4.88 Å². The third-order valence-electron chi connectivity index (χ3n) is 2.17. The van der Waals surface area contributed by atoms with Crippen LogP contribution in [0.4, 0.5) is 5.69 Å². The highest BCUT2D eigenvalue weighted by atomic mass is 32.1. The van der Waals surface area contributed by atoms with E-state index in [2.05, 4.69) is 25.0 Å². The van der Waals surface area contributed by atoms with Gasteiger partial charge in [0.15, 0.2) is 0 Å². The third kappa shape index (κ3) is 2.70. The number of nitrogens with zero attached hydrogens (tertiary/aromatic N) is 7. The molecule has 0 fully saturated rings. The van der Waals surface area contributed by atoms with Crippen molar-refractivity contribution in [3.8, 4) is 10.6 Å². The molecule has 0 spiro atoms. The van der Waals surface area contributed by atoms with Crippen molar-refractivity contribution >= 4 is 22.9 Å². The van der Waals surface area contributed by atoms with E-state index in [-0.39, 0.29) is 11.3 Å². The summed E-state index contributed by atoms with van der Waals surface area (Å²) in [6, 6.07) is 5.18. The number of aromatic nitrogens is 1. The van der Waals surface area contributed by atoms with Crippen LogP contribution in [0.2, 0.25) is 0 Å². The summed E-state index contributed by atoms with van der Waals surface area (Å²) in [7, 11) is 0. The highest BCUT2D eigenvalue weighted by molar-refractivity contribution is 7.13. The van der Waals surface area contributed by atoms with Gasteiger partial charge in [-0.05, 0) is 33.7 Å². The summed E-state index contributed by atoms with van der Waals surface area (Å²) in [6.45, 7) is 0. The normalized spacial score (nSPS) is 9.26. The minimum absolute atomic E-state index is 0.0316. The molecule has 8 nitrogen and oxygen atoms in total. The number of amides is 1. The highest BCUT2D eigenvalue weighted by Crippen LogP contribution is 2.28. The molecule has 0 unspecified atom stereocenters. The average Bonchev–Trinajstić information content (AvgIpc) is 2.93. The number of carbonyl (C=O) groups excluding carboxylic acids is 1. The molecule has 2 heterocycles. The van der Waals surface area contributed by atoms with Gasteiger partial charge in [0.05, 0.1) is 21.8 Å². The topological polar surface area (TPSA) is 127 Å². The van der Waals surface area contributed by atoms with Crippen molar-refractivity contribution < 1.29 is 4.79 Å². The summed E-state index contributed by atoms with van der Waals surface area (Å²) in [6.07, 6.45) is 1.23. The first kappa shape index (κ1) is 12.6. The van der Waals surface area contributed by atoms with E-state index in [9.17, 15) is 4.79 Å². The number of hydrogen-bond donors (Lipinski definition) is 0. The van der Waals surface area contributed by atoms with Crippen molar-refractivity contribution in [1.82, 2.24) is 4.98 Å². The van der Waals surface area contributed by atoms with E-state index >= 15 is 0 Å². The van der Waals surface area contributed by atoms with Gasteiger partial charge in [0.2, 0.25) is 0 Å². The largest absolute Gasteiger partial charge is 0.287 e. The molecule has 2 rings (SSSR count). The highest BCUT2D eigenvalue weighted by Gasteiger charge is 2.12. The SMILES string of the molecule is [N-]=[N+]=NC(=O)c1cnc(-c2cccs2)cc1N=[N+]=[N-]. The molecule has 19 heavy (non-hydrogen) atoms. The first-order chi connectivity index (χ1) is 9.26. The van der Waals surface area contributed by atoms with Crippen molar-refractivity contribution in [3.63, 3.8) is 0 Å². The van der Waals surface area contributed by atoms with Gasteiger partial charge >= 0.3 is 0 Å². The van der Waals surface area contributed by atoms with Crippen LogP contribution in [0.15, 0.2) is 40.0 Å². The first-order valence-corrected chi connectivity index (χ1v) is 5.82. The van der Waals surface area contributed by atoms with Crippen molar-refractivity contribution in [3.05, 3.63) is 56.2 Å². The van der Waals surface area contributed by atoms with Crippen LogP contribution in [0.25, 0.3) is 31.5 Å². The molecule has 0 saturated heterocycles. The molecule has 0 aliphatic carbocycles. The summed E-state index contributed by atoms with van der Waals surface area (Å²) in [5.41, 5.74) is 17.4. The lowest BCUT2D eigenvalue weighted by Gasteiger charge is -2.02. The standard InChI is InChI=1S/C10H5N7OS/c11-16-14-7-4-8(9-2-1-3-19-9)13-5-6(7)10(18)15-17-12/h1-5H. The second kappa shape index (κ2) is 5.65. The van der Waals surface area contributed by atoms with E-state index in [1.165, 1.54) is 23.6 Å². The van der Waals surface area contributed by atoms with Crippen LogP contribution in [0.3, 0.4) is 0 Å². The number of rotatable bonds is 3. The predicted molar refractivity (Wildman–Crippen MR) is 69.8 cm³/mol. The van der Waals surface area contributed by atoms with Gasteiger partial charge in [-0.1, -0.05) is 11.2 Å². The predicted octanol–water partition coefficient (Wildman–Crippen LogP) is 4.20. The van der Waals surface area contributed by atoms with E-state index in [0.29, 0.717) is 5.69 Å². The second-order valence-corrected chi connectivity index (χ2v) is 4.20. The number of pyridine rings is 1. The van der Waals surface area contributed by atoms with Crippen LogP contribution in [0.1, 0.15) is 10.4 Å². The Morgan fingerprint density at radius 1 is 1.37 bits per heavy atom. The lowest BCUT2D eigenvalue weighted by atomic mass is 10.2. The van der Waals surface area contributed by atoms with E-state index in [4.69, 9.17) is 11.1 Å². The van der Waals surface area contributed by atoms with Gasteiger partial charge < -0.3 is 0 Å². The molecule has 0 N–H and O–H groups in total. The van der Waals surface area contributed by atoms with Crippen molar-refractivity contribution in [2.75, 3.05) is 0 Å². The minimum atomic E-state index is -0.838. The number of carbonyl (C=O) groups is 1. The average molecular weight is 271 g/mol. The summed E-state index contributed by atoms with van der Waals surface area (Å²) < 4.78 is 0. The molecule has 2 aromatic heterocycles. The van der Waals surface area contributed by atoms with Gasteiger partial charge in [-0.15, -0.1) is 11.3 Å². The molecule has 0 bridgehead atoms. The van der Waals surface area contributed by atoms with Gasteiger partial charge in [0.25, 0.3) is 5.91 Å². The van der Waals surface area contributed by atoms with Gasteiger partial charge in [-0.2, -0.15) is 0 Å². The van der Waals surface area contributed by atoms with Crippen LogP contribution >= 0.6 is 11.3 Å². The number of azide groups is 2. The Morgan fingerprint density at radius 3 is 2.84 bits per heavy atom. The third-order valence-corrected chi connectivity index (χ3v) is 3.07. The Hall–Kier alpha value is -2.86. The Balaban J connectivity index is 2.55. The van der Waals surface area contributed by atoms with Crippen LogP contribution in [0.5, 0.6) is 0 Å². The van der Waals surface area contributed by atoms with E-state index < -0.39 is 5.91 Å². The Labute approximate surface area is 110 Å². The molecule has 92 valence electrons. The van der Waals surface area contributed by atoms with Gasteiger partial charge in [0, 0.05) is 16.0 Å². The molecule has 1 amide bonds. The zero-order valence-electron chi connectivity index (χ0n) is 9.33. The zero-order chi connectivity index (χ0) is 13.7. The second-order valence-electron chi connectivity index (χ2n) is 3.25. The lowest BCUT2D eigenvalue weighted by molar-refractivity contribution is 0.100. The summed E-state index contributed by atoms with van der Waals surface area (Å²) in [5.74, 6) is -0.838. The van der Waals surface area contributed by atoms with Crippen LogP contribution in [-0.4, -0.2) is 10.9 Å². The Kier molecular flexibility index (Phi) is 3.75. The Bertz CT molecular complexity index is 711. The minimum Gasteiger partial charge on any atom is -0.287 e. The zero-order valence-corrected chi connectivity index (χ0v) is 10.2. The number of thiophene rings is 1. The Morgan fingerprint density at radius 2 is 2.21 bits per heavy atom. The van der Waals surface area contributed by atoms with Crippen LogP contribution in [-0.2, 0) is 0 Å². The quantitative estimate of drug-likeness (QED) is 0.470. The van der Waals surface area contributed by atoms with E-state index in [1.54, 1.807) is 0 Å². The smallest absolute Gasteiger partial charge is 0.251 e. The van der Waals surface area contributed by atoms with Crippen LogP contribution < -0.4 is 0 Å².